The fourth-order valence-electron chi connectivity index (χ4n) is 3.69. The third kappa shape index (κ3) is 3.93. The van der Waals surface area contributed by atoms with Gasteiger partial charge in [0.15, 0.2) is 0 Å². The fraction of sp³-hybridized carbons (Fsp3) is 0.350. The summed E-state index contributed by atoms with van der Waals surface area (Å²) in [5.74, 6) is -0.0886. The molecule has 4 rings (SSSR count). The highest BCUT2D eigenvalue weighted by Crippen LogP contribution is 2.36. The first-order valence-electron chi connectivity index (χ1n) is 9.11. The van der Waals surface area contributed by atoms with E-state index in [0.717, 1.165) is 29.0 Å². The van der Waals surface area contributed by atoms with E-state index >= 15 is 0 Å². The van der Waals surface area contributed by atoms with E-state index in [9.17, 15) is 9.18 Å². The quantitative estimate of drug-likeness (QED) is 0.712. The Hall–Kier alpha value is -2.54. The number of hydrogen-bond acceptors (Lipinski definition) is 4. The van der Waals surface area contributed by atoms with Crippen LogP contribution in [0.25, 0.3) is 10.6 Å². The highest BCUT2D eigenvalue weighted by Gasteiger charge is 2.28. The Kier molecular flexibility index (Phi) is 5.03. The van der Waals surface area contributed by atoms with E-state index in [2.05, 4.69) is 15.4 Å². The molecule has 0 spiro atoms. The van der Waals surface area contributed by atoms with Gasteiger partial charge in [0.1, 0.15) is 16.5 Å². The van der Waals surface area contributed by atoms with Gasteiger partial charge in [-0.15, -0.1) is 11.3 Å². The minimum atomic E-state index is -0.268. The molecule has 1 N–H and O–H groups in total. The number of thiazole rings is 1. The van der Waals surface area contributed by atoms with E-state index in [4.69, 9.17) is 0 Å². The Morgan fingerprint density at radius 3 is 2.70 bits per heavy atom. The van der Waals surface area contributed by atoms with Crippen LogP contribution in [0.2, 0.25) is 0 Å². The van der Waals surface area contributed by atoms with Gasteiger partial charge in [0.05, 0.1) is 12.2 Å². The van der Waals surface area contributed by atoms with Crippen LogP contribution in [-0.4, -0.2) is 20.7 Å². The molecule has 7 heteroatoms. The summed E-state index contributed by atoms with van der Waals surface area (Å²) in [6.45, 7) is 0. The highest BCUT2D eigenvalue weighted by molar-refractivity contribution is 7.13. The van der Waals surface area contributed by atoms with Crippen molar-refractivity contribution < 1.29 is 9.18 Å². The molecule has 140 valence electrons. The average Bonchev–Trinajstić information content (AvgIpc) is 3.41. The SMILES string of the molecule is Cn1cc(-c2nc(C(=O)NC(c3ccc(F)cc3)C3CCCC3)cs2)cn1. The summed E-state index contributed by atoms with van der Waals surface area (Å²) in [7, 11) is 1.85. The summed E-state index contributed by atoms with van der Waals surface area (Å²) in [5, 5.41) is 9.83. The first-order chi connectivity index (χ1) is 13.1. The number of carbonyl (C=O) groups is 1. The first kappa shape index (κ1) is 17.9. The lowest BCUT2D eigenvalue weighted by Gasteiger charge is -2.25. The molecule has 0 bridgehead atoms. The maximum absolute atomic E-state index is 13.3. The van der Waals surface area contributed by atoms with Crippen LogP contribution in [0.4, 0.5) is 4.39 Å². The molecule has 0 saturated heterocycles. The van der Waals surface area contributed by atoms with Gasteiger partial charge in [0, 0.05) is 24.2 Å². The molecule has 1 aliphatic carbocycles. The number of aromatic nitrogens is 3. The molecular formula is C20H21FN4OS. The Labute approximate surface area is 161 Å². The van der Waals surface area contributed by atoms with Gasteiger partial charge in [0.2, 0.25) is 0 Å². The number of amides is 1. The lowest BCUT2D eigenvalue weighted by molar-refractivity contribution is 0.0917. The van der Waals surface area contributed by atoms with Crippen LogP contribution in [0.15, 0.2) is 42.0 Å². The number of rotatable bonds is 5. The van der Waals surface area contributed by atoms with Gasteiger partial charge in [-0.25, -0.2) is 9.37 Å². The Bertz CT molecular complexity index is 928. The molecule has 5 nitrogen and oxygen atoms in total. The zero-order valence-corrected chi connectivity index (χ0v) is 15.9. The fourth-order valence-corrected chi connectivity index (χ4v) is 4.47. The van der Waals surface area contributed by atoms with Crippen LogP contribution in [0.3, 0.4) is 0 Å². The molecule has 1 aliphatic rings. The predicted octanol–water partition coefficient (Wildman–Crippen LogP) is 4.34. The van der Waals surface area contributed by atoms with Crippen LogP contribution in [-0.2, 0) is 7.05 Å². The van der Waals surface area contributed by atoms with Crippen LogP contribution in [0.5, 0.6) is 0 Å². The molecule has 1 amide bonds. The van der Waals surface area contributed by atoms with Gasteiger partial charge in [-0.3, -0.25) is 9.48 Å². The second kappa shape index (κ2) is 7.60. The summed E-state index contributed by atoms with van der Waals surface area (Å²) in [6, 6.07) is 6.31. The van der Waals surface area contributed by atoms with Gasteiger partial charge in [0.25, 0.3) is 5.91 Å². The summed E-state index contributed by atoms with van der Waals surface area (Å²) in [4.78, 5) is 17.3. The minimum Gasteiger partial charge on any atom is -0.344 e. The minimum absolute atomic E-state index is 0.121. The van der Waals surface area contributed by atoms with Crippen molar-refractivity contribution >= 4 is 17.2 Å². The van der Waals surface area contributed by atoms with Crippen LogP contribution in [0, 0.1) is 11.7 Å². The maximum Gasteiger partial charge on any atom is 0.271 e. The molecule has 3 aromatic rings. The Balaban J connectivity index is 1.54. The van der Waals surface area contributed by atoms with Crippen molar-refractivity contribution in [2.45, 2.75) is 31.7 Å². The van der Waals surface area contributed by atoms with Gasteiger partial charge >= 0.3 is 0 Å². The van der Waals surface area contributed by atoms with Crippen LogP contribution >= 0.6 is 11.3 Å². The molecule has 1 atom stereocenters. The molecular weight excluding hydrogens is 363 g/mol. The lowest BCUT2D eigenvalue weighted by atomic mass is 9.91. The van der Waals surface area contributed by atoms with Crippen molar-refractivity contribution in [3.63, 3.8) is 0 Å². The van der Waals surface area contributed by atoms with Gasteiger partial charge in [-0.2, -0.15) is 5.10 Å². The van der Waals surface area contributed by atoms with E-state index in [-0.39, 0.29) is 17.8 Å². The standard InChI is InChI=1S/C20H21FN4OS/c1-25-11-15(10-22-25)20-23-17(12-27-20)19(26)24-18(13-4-2-3-5-13)14-6-8-16(21)9-7-14/h6-13,18H,2-5H2,1H3,(H,24,26). The molecule has 1 aromatic carbocycles. The van der Waals surface area contributed by atoms with Crippen molar-refractivity contribution in [1.82, 2.24) is 20.1 Å². The van der Waals surface area contributed by atoms with Crippen LogP contribution in [0.1, 0.15) is 47.8 Å². The number of hydrogen-bond donors (Lipinski definition) is 1. The molecule has 1 fully saturated rings. The number of nitrogens with zero attached hydrogens (tertiary/aromatic N) is 3. The lowest BCUT2D eigenvalue weighted by Crippen LogP contribution is -2.33. The monoisotopic (exact) mass is 384 g/mol. The summed E-state index contributed by atoms with van der Waals surface area (Å²) in [6.07, 6.45) is 8.08. The van der Waals surface area contributed by atoms with Gasteiger partial charge in [-0.1, -0.05) is 25.0 Å². The Morgan fingerprint density at radius 2 is 2.04 bits per heavy atom. The number of carbonyl (C=O) groups excluding carboxylic acids is 1. The van der Waals surface area contributed by atoms with Crippen molar-refractivity contribution in [1.29, 1.82) is 0 Å². The average molecular weight is 384 g/mol. The molecule has 2 aromatic heterocycles. The predicted molar refractivity (Wildman–Crippen MR) is 103 cm³/mol. The number of aryl methyl sites for hydroxylation is 1. The van der Waals surface area contributed by atoms with Crippen molar-refractivity contribution in [2.75, 3.05) is 0 Å². The third-order valence-corrected chi connectivity index (χ3v) is 5.97. The normalized spacial score (nSPS) is 15.8. The summed E-state index contributed by atoms with van der Waals surface area (Å²) >= 11 is 1.43. The van der Waals surface area contributed by atoms with E-state index in [0.29, 0.717) is 11.6 Å². The molecule has 0 aliphatic heterocycles. The topological polar surface area (TPSA) is 59.8 Å². The molecule has 0 radical (unpaired) electrons. The summed E-state index contributed by atoms with van der Waals surface area (Å²) < 4.78 is 15.0. The molecule has 1 unspecified atom stereocenters. The molecule has 27 heavy (non-hydrogen) atoms. The van der Waals surface area contributed by atoms with Crippen LogP contribution < -0.4 is 5.32 Å². The number of benzene rings is 1. The second-order valence-corrected chi connectivity index (χ2v) is 7.85. The number of halogens is 1. The van der Waals surface area contributed by atoms with E-state index in [1.54, 1.807) is 28.4 Å². The molecule has 1 saturated carbocycles. The van der Waals surface area contributed by atoms with E-state index < -0.39 is 0 Å². The third-order valence-electron chi connectivity index (χ3n) is 5.08. The Morgan fingerprint density at radius 1 is 1.30 bits per heavy atom. The van der Waals surface area contributed by atoms with Crippen molar-refractivity contribution in [3.05, 3.63) is 59.1 Å². The number of nitrogens with one attached hydrogen (secondary N) is 1. The van der Waals surface area contributed by atoms with Crippen molar-refractivity contribution in [2.24, 2.45) is 13.0 Å². The highest BCUT2D eigenvalue weighted by atomic mass is 32.1. The van der Waals surface area contributed by atoms with Crippen molar-refractivity contribution in [3.8, 4) is 10.6 Å². The van der Waals surface area contributed by atoms with Gasteiger partial charge < -0.3 is 5.32 Å². The van der Waals surface area contributed by atoms with E-state index in [1.807, 2.05) is 13.2 Å². The zero-order chi connectivity index (χ0) is 18.8. The van der Waals surface area contributed by atoms with Gasteiger partial charge in [-0.05, 0) is 36.5 Å². The second-order valence-electron chi connectivity index (χ2n) is 6.99. The maximum atomic E-state index is 13.3. The first-order valence-corrected chi connectivity index (χ1v) is 9.99. The van der Waals surface area contributed by atoms with E-state index in [1.165, 1.54) is 36.3 Å². The molecule has 2 heterocycles. The largest absolute Gasteiger partial charge is 0.344 e. The summed E-state index contributed by atoms with van der Waals surface area (Å²) in [5.41, 5.74) is 2.25. The smallest absolute Gasteiger partial charge is 0.271 e. The zero-order valence-electron chi connectivity index (χ0n) is 15.1.